The number of aliphatic hydroxyl groups excluding tert-OH is 2. The summed E-state index contributed by atoms with van der Waals surface area (Å²) in [5, 5.41) is 23.8. The summed E-state index contributed by atoms with van der Waals surface area (Å²) >= 11 is 0. The average molecular weight is 457 g/mol. The van der Waals surface area contributed by atoms with E-state index in [4.69, 9.17) is 0 Å². The third kappa shape index (κ3) is 5.58. The zero-order valence-corrected chi connectivity index (χ0v) is 17.9. The number of benzene rings is 2. The van der Waals surface area contributed by atoms with E-state index >= 15 is 0 Å². The van der Waals surface area contributed by atoms with Crippen LogP contribution in [0.3, 0.4) is 0 Å². The molecule has 3 N–H and O–H groups in total. The van der Waals surface area contributed by atoms with E-state index in [0.29, 0.717) is 25.2 Å². The number of alkyl halides is 3. The molecule has 1 aliphatic rings. The monoisotopic (exact) mass is 457 g/mol. The Labute approximate surface area is 190 Å². The number of aromatic nitrogens is 2. The molecule has 0 aliphatic heterocycles. The molecule has 1 heterocycles. The highest BCUT2D eigenvalue weighted by Crippen LogP contribution is 2.35. The molecule has 0 radical (unpaired) electrons. The maximum Gasteiger partial charge on any atom is 0.416 e. The van der Waals surface area contributed by atoms with Gasteiger partial charge < -0.3 is 15.5 Å². The van der Waals surface area contributed by atoms with Crippen LogP contribution in [0, 0.1) is 11.8 Å². The molecular weight excluding hydrogens is 431 g/mol. The minimum Gasteiger partial charge on any atom is -0.396 e. The van der Waals surface area contributed by atoms with Crippen LogP contribution in [0.1, 0.15) is 23.2 Å². The Bertz CT molecular complexity index is 1040. The molecule has 1 aromatic heterocycles. The van der Waals surface area contributed by atoms with Gasteiger partial charge in [0.1, 0.15) is 0 Å². The normalized spacial score (nSPS) is 23.1. The van der Waals surface area contributed by atoms with Crippen molar-refractivity contribution >= 4 is 0 Å². The molecule has 4 atom stereocenters. The van der Waals surface area contributed by atoms with Crippen LogP contribution >= 0.6 is 0 Å². The van der Waals surface area contributed by atoms with Gasteiger partial charge in [0.05, 0.1) is 11.7 Å². The van der Waals surface area contributed by atoms with Gasteiger partial charge in [-0.3, -0.25) is 0 Å². The molecule has 1 aliphatic carbocycles. The first kappa shape index (κ1) is 23.4. The minimum absolute atomic E-state index is 0.0852. The molecule has 8 heteroatoms. The minimum atomic E-state index is -4.36. The second-order valence-electron chi connectivity index (χ2n) is 8.44. The smallest absolute Gasteiger partial charge is 0.396 e. The van der Waals surface area contributed by atoms with Gasteiger partial charge >= 0.3 is 6.18 Å². The lowest BCUT2D eigenvalue weighted by Gasteiger charge is -2.25. The summed E-state index contributed by atoms with van der Waals surface area (Å²) in [4.78, 5) is 9.03. The molecule has 0 bridgehead atoms. The van der Waals surface area contributed by atoms with Crippen molar-refractivity contribution in [2.24, 2.45) is 11.8 Å². The first-order chi connectivity index (χ1) is 15.8. The van der Waals surface area contributed by atoms with Crippen molar-refractivity contribution in [1.29, 1.82) is 0 Å². The van der Waals surface area contributed by atoms with Crippen molar-refractivity contribution < 1.29 is 23.4 Å². The molecule has 0 spiro atoms. The number of hydrogen-bond donors (Lipinski definition) is 3. The Balaban J connectivity index is 1.47. The highest BCUT2D eigenvalue weighted by Gasteiger charge is 2.42. The van der Waals surface area contributed by atoms with Gasteiger partial charge in [0.2, 0.25) is 0 Å². The lowest BCUT2D eigenvalue weighted by molar-refractivity contribution is -0.137. The van der Waals surface area contributed by atoms with Crippen molar-refractivity contribution in [3.05, 3.63) is 83.7 Å². The summed E-state index contributed by atoms with van der Waals surface area (Å²) in [5.74, 6) is 0.213. The molecule has 2 aromatic carbocycles. The van der Waals surface area contributed by atoms with E-state index in [0.717, 1.165) is 29.0 Å². The second kappa shape index (κ2) is 9.99. The number of nitrogens with zero attached hydrogens (tertiary/aromatic N) is 2. The summed E-state index contributed by atoms with van der Waals surface area (Å²) in [6.45, 7) is 0.212. The highest BCUT2D eigenvalue weighted by atomic mass is 19.4. The number of nitrogens with one attached hydrogen (secondary N) is 1. The maximum atomic E-state index is 12.8. The van der Waals surface area contributed by atoms with E-state index in [1.165, 1.54) is 12.1 Å². The average Bonchev–Trinajstić information content (AvgIpc) is 3.12. The van der Waals surface area contributed by atoms with Crippen LogP contribution in [0.5, 0.6) is 0 Å². The number of aliphatic hydroxyl groups is 2. The van der Waals surface area contributed by atoms with Crippen molar-refractivity contribution in [3.8, 4) is 11.4 Å². The first-order valence-corrected chi connectivity index (χ1v) is 10.9. The summed E-state index contributed by atoms with van der Waals surface area (Å²) < 4.78 is 38.4. The van der Waals surface area contributed by atoms with Crippen LogP contribution in [-0.4, -0.2) is 38.9 Å². The largest absolute Gasteiger partial charge is 0.416 e. The van der Waals surface area contributed by atoms with Gasteiger partial charge in [0.25, 0.3) is 0 Å². The fourth-order valence-electron chi connectivity index (χ4n) is 4.52. The molecule has 0 saturated heterocycles. The quantitative estimate of drug-likeness (QED) is 0.502. The Hall–Kier alpha value is -2.81. The number of hydrogen-bond acceptors (Lipinski definition) is 5. The van der Waals surface area contributed by atoms with Crippen LogP contribution in [0.25, 0.3) is 11.4 Å². The van der Waals surface area contributed by atoms with Gasteiger partial charge in [-0.1, -0.05) is 42.5 Å². The fourth-order valence-corrected chi connectivity index (χ4v) is 4.52. The van der Waals surface area contributed by atoms with Crippen LogP contribution in [0.4, 0.5) is 13.2 Å². The van der Waals surface area contributed by atoms with E-state index in [2.05, 4.69) is 15.3 Å². The van der Waals surface area contributed by atoms with Gasteiger partial charge in [0.15, 0.2) is 5.82 Å². The third-order valence-electron chi connectivity index (χ3n) is 6.31. The van der Waals surface area contributed by atoms with Crippen LogP contribution in [0.15, 0.2) is 66.9 Å². The highest BCUT2D eigenvalue weighted by molar-refractivity contribution is 5.54. The number of rotatable bonds is 7. The Kier molecular flexibility index (Phi) is 7.07. The molecule has 1 fully saturated rings. The summed E-state index contributed by atoms with van der Waals surface area (Å²) in [6, 6.07) is 16.4. The zero-order valence-electron chi connectivity index (χ0n) is 17.9. The standard InChI is InChI=1S/C25H26F3N3O2/c26-25(27,28)18-8-6-16(7-9-18)14-30-22-13-23(33)21(15-32)20(22)12-19-10-11-29-24(31-19)17-4-2-1-3-5-17/h1-11,20-23,30,32-33H,12-15H2. The van der Waals surface area contributed by atoms with Crippen molar-refractivity contribution in [1.82, 2.24) is 15.3 Å². The molecule has 3 aromatic rings. The van der Waals surface area contributed by atoms with E-state index in [-0.39, 0.29) is 24.5 Å². The van der Waals surface area contributed by atoms with Gasteiger partial charge in [-0.25, -0.2) is 9.97 Å². The van der Waals surface area contributed by atoms with Crippen molar-refractivity contribution in [2.75, 3.05) is 6.61 Å². The second-order valence-corrected chi connectivity index (χ2v) is 8.44. The van der Waals surface area contributed by atoms with Crippen LogP contribution < -0.4 is 5.32 Å². The Morgan fingerprint density at radius 1 is 0.970 bits per heavy atom. The van der Waals surface area contributed by atoms with Crippen molar-refractivity contribution in [2.45, 2.75) is 37.7 Å². The van der Waals surface area contributed by atoms with Gasteiger partial charge in [-0.05, 0) is 42.5 Å². The maximum absolute atomic E-state index is 12.8. The Morgan fingerprint density at radius 2 is 1.70 bits per heavy atom. The molecular formula is C25H26F3N3O2. The van der Waals surface area contributed by atoms with E-state index in [1.54, 1.807) is 6.20 Å². The third-order valence-corrected chi connectivity index (χ3v) is 6.31. The summed E-state index contributed by atoms with van der Waals surface area (Å²) in [7, 11) is 0. The molecule has 33 heavy (non-hydrogen) atoms. The van der Waals surface area contributed by atoms with E-state index < -0.39 is 17.8 Å². The summed E-state index contributed by atoms with van der Waals surface area (Å²) in [6.07, 6.45) is -2.34. The molecule has 174 valence electrons. The molecule has 4 unspecified atom stereocenters. The topological polar surface area (TPSA) is 78.3 Å². The fraction of sp³-hybridized carbons (Fsp3) is 0.360. The lowest BCUT2D eigenvalue weighted by atomic mass is 9.88. The van der Waals surface area contributed by atoms with Crippen LogP contribution in [-0.2, 0) is 19.1 Å². The van der Waals surface area contributed by atoms with Crippen LogP contribution in [0.2, 0.25) is 0 Å². The summed E-state index contributed by atoms with van der Waals surface area (Å²) in [5.41, 5.74) is 1.75. The molecule has 5 nitrogen and oxygen atoms in total. The number of halogens is 3. The molecule has 1 saturated carbocycles. The predicted molar refractivity (Wildman–Crippen MR) is 118 cm³/mol. The first-order valence-electron chi connectivity index (χ1n) is 10.9. The van der Waals surface area contributed by atoms with Crippen molar-refractivity contribution in [3.63, 3.8) is 0 Å². The molecule has 4 rings (SSSR count). The zero-order chi connectivity index (χ0) is 23.4. The lowest BCUT2D eigenvalue weighted by Crippen LogP contribution is -2.36. The van der Waals surface area contributed by atoms with Gasteiger partial charge in [-0.2, -0.15) is 13.2 Å². The van der Waals surface area contributed by atoms with Gasteiger partial charge in [0, 0.05) is 42.6 Å². The SMILES string of the molecule is OCC1C(O)CC(NCc2ccc(C(F)(F)F)cc2)C1Cc1ccnc(-c2ccccc2)n1. The predicted octanol–water partition coefficient (Wildman–Crippen LogP) is 3.85. The van der Waals surface area contributed by atoms with E-state index in [9.17, 15) is 23.4 Å². The molecule has 0 amide bonds. The van der Waals surface area contributed by atoms with Gasteiger partial charge in [-0.15, -0.1) is 0 Å². The Morgan fingerprint density at radius 3 is 2.36 bits per heavy atom. The van der Waals surface area contributed by atoms with E-state index in [1.807, 2.05) is 36.4 Å².